The highest BCUT2D eigenvalue weighted by molar-refractivity contribution is 5.32. The SMILES string of the molecule is Cn1c(CNc2cc(=O)n(C)c(=O)[nH]2)nnc1C1CC1. The number of hydrogen-bond donors (Lipinski definition) is 2. The molecule has 1 aliphatic carbocycles. The quantitative estimate of drug-likeness (QED) is 0.798. The van der Waals surface area contributed by atoms with E-state index in [4.69, 9.17) is 0 Å². The van der Waals surface area contributed by atoms with Crippen molar-refractivity contribution >= 4 is 5.82 Å². The number of H-pyrrole nitrogens is 1. The molecule has 0 bridgehead atoms. The summed E-state index contributed by atoms with van der Waals surface area (Å²) < 4.78 is 2.97. The minimum atomic E-state index is -0.448. The molecule has 1 saturated carbocycles. The van der Waals surface area contributed by atoms with E-state index in [1.54, 1.807) is 0 Å². The van der Waals surface area contributed by atoms with Gasteiger partial charge < -0.3 is 9.88 Å². The fourth-order valence-electron chi connectivity index (χ4n) is 2.05. The van der Waals surface area contributed by atoms with Gasteiger partial charge in [0.15, 0.2) is 5.82 Å². The van der Waals surface area contributed by atoms with Crippen LogP contribution in [0.25, 0.3) is 0 Å². The van der Waals surface area contributed by atoms with Gasteiger partial charge in [0, 0.05) is 26.1 Å². The lowest BCUT2D eigenvalue weighted by molar-refractivity contribution is 0.750. The summed E-state index contributed by atoms with van der Waals surface area (Å²) in [4.78, 5) is 25.6. The second-order valence-corrected chi connectivity index (χ2v) is 5.05. The maximum Gasteiger partial charge on any atom is 0.329 e. The largest absolute Gasteiger partial charge is 0.364 e. The highest BCUT2D eigenvalue weighted by Gasteiger charge is 2.29. The number of nitrogens with zero attached hydrogens (tertiary/aromatic N) is 4. The molecule has 0 radical (unpaired) electrons. The minimum Gasteiger partial charge on any atom is -0.364 e. The summed E-state index contributed by atoms with van der Waals surface area (Å²) in [5.41, 5.74) is -0.801. The van der Waals surface area contributed by atoms with Crippen LogP contribution in [0.4, 0.5) is 5.82 Å². The molecule has 3 rings (SSSR count). The summed E-state index contributed by atoms with van der Waals surface area (Å²) in [6, 6.07) is 1.35. The van der Waals surface area contributed by atoms with Gasteiger partial charge >= 0.3 is 5.69 Å². The number of aromatic amines is 1. The average Bonchev–Trinajstić information content (AvgIpc) is 3.18. The Balaban J connectivity index is 1.76. The summed E-state index contributed by atoms with van der Waals surface area (Å²) in [5.74, 6) is 2.69. The lowest BCUT2D eigenvalue weighted by atomic mass is 10.4. The number of rotatable bonds is 4. The number of anilines is 1. The van der Waals surface area contributed by atoms with Crippen LogP contribution in [0.3, 0.4) is 0 Å². The highest BCUT2D eigenvalue weighted by Crippen LogP contribution is 2.38. The predicted molar refractivity (Wildman–Crippen MR) is 72.6 cm³/mol. The average molecular weight is 276 g/mol. The Bertz CT molecular complexity index is 721. The third-order valence-electron chi connectivity index (χ3n) is 3.52. The van der Waals surface area contributed by atoms with Gasteiger partial charge in [-0.1, -0.05) is 0 Å². The van der Waals surface area contributed by atoms with Crippen molar-refractivity contribution in [3.63, 3.8) is 0 Å². The van der Waals surface area contributed by atoms with E-state index in [-0.39, 0.29) is 5.56 Å². The predicted octanol–water partition coefficient (Wildman–Crippen LogP) is -0.308. The van der Waals surface area contributed by atoms with Gasteiger partial charge in [0.05, 0.1) is 6.54 Å². The van der Waals surface area contributed by atoms with E-state index < -0.39 is 5.69 Å². The molecule has 2 aromatic heterocycles. The molecule has 20 heavy (non-hydrogen) atoms. The smallest absolute Gasteiger partial charge is 0.329 e. The minimum absolute atomic E-state index is 0.354. The van der Waals surface area contributed by atoms with E-state index in [0.717, 1.165) is 16.2 Å². The maximum absolute atomic E-state index is 11.5. The molecule has 106 valence electrons. The van der Waals surface area contributed by atoms with Gasteiger partial charge in [0.1, 0.15) is 11.6 Å². The molecule has 2 N–H and O–H groups in total. The van der Waals surface area contributed by atoms with Crippen molar-refractivity contribution in [2.75, 3.05) is 5.32 Å². The molecule has 0 amide bonds. The van der Waals surface area contributed by atoms with Gasteiger partial charge in [-0.25, -0.2) is 4.79 Å². The van der Waals surface area contributed by atoms with Gasteiger partial charge in [0.25, 0.3) is 5.56 Å². The first kappa shape index (κ1) is 12.6. The summed E-state index contributed by atoms with van der Waals surface area (Å²) in [5, 5.41) is 11.3. The van der Waals surface area contributed by atoms with Crippen LogP contribution in [0.5, 0.6) is 0 Å². The van der Waals surface area contributed by atoms with Crippen LogP contribution in [0, 0.1) is 0 Å². The fourth-order valence-corrected chi connectivity index (χ4v) is 2.05. The molecule has 8 heteroatoms. The summed E-state index contributed by atoms with van der Waals surface area (Å²) >= 11 is 0. The van der Waals surface area contributed by atoms with Crippen LogP contribution in [0.15, 0.2) is 15.7 Å². The molecule has 0 aliphatic heterocycles. The van der Waals surface area contributed by atoms with Gasteiger partial charge in [-0.2, -0.15) is 0 Å². The molecule has 1 fully saturated rings. The Kier molecular flexibility index (Phi) is 2.92. The first-order chi connectivity index (χ1) is 9.56. The van der Waals surface area contributed by atoms with Crippen molar-refractivity contribution in [3.05, 3.63) is 38.6 Å². The lowest BCUT2D eigenvalue weighted by Crippen LogP contribution is -2.32. The van der Waals surface area contributed by atoms with Gasteiger partial charge in [-0.3, -0.25) is 14.3 Å². The van der Waals surface area contributed by atoms with E-state index in [0.29, 0.717) is 18.3 Å². The Morgan fingerprint density at radius 1 is 1.30 bits per heavy atom. The van der Waals surface area contributed by atoms with Crippen LogP contribution in [-0.2, 0) is 20.6 Å². The second-order valence-electron chi connectivity index (χ2n) is 5.05. The van der Waals surface area contributed by atoms with Crippen LogP contribution in [-0.4, -0.2) is 24.3 Å². The van der Waals surface area contributed by atoms with Crippen LogP contribution < -0.4 is 16.6 Å². The van der Waals surface area contributed by atoms with Gasteiger partial charge in [-0.05, 0) is 12.8 Å². The van der Waals surface area contributed by atoms with Gasteiger partial charge in [0.2, 0.25) is 0 Å². The standard InChI is InChI=1S/C12H16N6O2/c1-17-9(15-16-11(17)7-3-4-7)6-13-8-5-10(19)18(2)12(20)14-8/h5,7,13H,3-4,6H2,1-2H3,(H,14,20). The Labute approximate surface area is 114 Å². The lowest BCUT2D eigenvalue weighted by Gasteiger charge is -2.06. The van der Waals surface area contributed by atoms with E-state index in [9.17, 15) is 9.59 Å². The fraction of sp³-hybridized carbons (Fsp3) is 0.500. The molecule has 0 unspecified atom stereocenters. The number of aromatic nitrogens is 5. The Morgan fingerprint density at radius 2 is 2.05 bits per heavy atom. The Hall–Kier alpha value is -2.38. The first-order valence-electron chi connectivity index (χ1n) is 6.48. The highest BCUT2D eigenvalue weighted by atomic mass is 16.2. The third kappa shape index (κ3) is 2.24. The van der Waals surface area contributed by atoms with E-state index >= 15 is 0 Å². The van der Waals surface area contributed by atoms with Crippen molar-refractivity contribution in [2.45, 2.75) is 25.3 Å². The van der Waals surface area contributed by atoms with Gasteiger partial charge in [-0.15, -0.1) is 10.2 Å². The van der Waals surface area contributed by atoms with Crippen LogP contribution >= 0.6 is 0 Å². The van der Waals surface area contributed by atoms with E-state index in [1.807, 2.05) is 11.6 Å². The zero-order valence-electron chi connectivity index (χ0n) is 11.4. The normalized spacial score (nSPS) is 14.5. The molecular weight excluding hydrogens is 260 g/mol. The van der Waals surface area contributed by atoms with E-state index in [1.165, 1.54) is 26.0 Å². The summed E-state index contributed by atoms with van der Waals surface area (Å²) in [6.07, 6.45) is 2.34. The molecule has 0 atom stereocenters. The maximum atomic E-state index is 11.5. The Morgan fingerprint density at radius 3 is 2.70 bits per heavy atom. The molecule has 0 aromatic carbocycles. The molecule has 2 aromatic rings. The monoisotopic (exact) mass is 276 g/mol. The van der Waals surface area contributed by atoms with E-state index in [2.05, 4.69) is 20.5 Å². The molecule has 8 nitrogen and oxygen atoms in total. The summed E-state index contributed by atoms with van der Waals surface area (Å²) in [6.45, 7) is 0.402. The zero-order valence-corrected chi connectivity index (χ0v) is 11.4. The zero-order chi connectivity index (χ0) is 14.3. The number of nitrogens with one attached hydrogen (secondary N) is 2. The first-order valence-corrected chi connectivity index (χ1v) is 6.48. The summed E-state index contributed by atoms with van der Waals surface area (Å²) in [7, 11) is 3.35. The van der Waals surface area contributed by atoms with Crippen LogP contribution in [0.2, 0.25) is 0 Å². The van der Waals surface area contributed by atoms with Crippen molar-refractivity contribution < 1.29 is 0 Å². The number of hydrogen-bond acceptors (Lipinski definition) is 5. The second kappa shape index (κ2) is 4.62. The molecular formula is C12H16N6O2. The molecule has 0 saturated heterocycles. The topological polar surface area (TPSA) is 97.6 Å². The molecule has 2 heterocycles. The molecule has 1 aliphatic rings. The van der Waals surface area contributed by atoms with Crippen LogP contribution in [0.1, 0.15) is 30.4 Å². The van der Waals surface area contributed by atoms with Crippen molar-refractivity contribution in [1.82, 2.24) is 24.3 Å². The molecule has 0 spiro atoms. The third-order valence-corrected chi connectivity index (χ3v) is 3.52. The van der Waals surface area contributed by atoms with Crippen molar-refractivity contribution in [2.24, 2.45) is 14.1 Å². The van der Waals surface area contributed by atoms with Crippen molar-refractivity contribution in [3.8, 4) is 0 Å². The van der Waals surface area contributed by atoms with Crippen molar-refractivity contribution in [1.29, 1.82) is 0 Å².